The van der Waals surface area contributed by atoms with Crippen molar-refractivity contribution in [1.29, 1.82) is 0 Å². The Kier molecular flexibility index (Phi) is 4.80. The Morgan fingerprint density at radius 2 is 2.09 bits per heavy atom. The number of benzene rings is 2. The van der Waals surface area contributed by atoms with Crippen LogP contribution in [0.3, 0.4) is 0 Å². The van der Waals surface area contributed by atoms with Gasteiger partial charge in [0.25, 0.3) is 0 Å². The molecule has 3 rings (SSSR count). The summed E-state index contributed by atoms with van der Waals surface area (Å²) in [5.41, 5.74) is 3.20. The fraction of sp³-hybridized carbons (Fsp3) is 0.278. The van der Waals surface area contributed by atoms with Gasteiger partial charge in [0, 0.05) is 22.9 Å². The molecule has 1 heterocycles. The third kappa shape index (κ3) is 3.34. The number of nitrogens with one attached hydrogen (secondary N) is 2. The van der Waals surface area contributed by atoms with Crippen molar-refractivity contribution in [2.45, 2.75) is 24.3 Å². The average Bonchev–Trinajstić information content (AvgIpc) is 2.97. The highest BCUT2D eigenvalue weighted by Gasteiger charge is 2.28. The number of hydrogen-bond donors (Lipinski definition) is 2. The van der Waals surface area contributed by atoms with Gasteiger partial charge in [0.15, 0.2) is 0 Å². The molecular formula is C18H20N2OS. The van der Waals surface area contributed by atoms with Crippen LogP contribution in [0.2, 0.25) is 0 Å². The molecular weight excluding hydrogens is 292 g/mol. The van der Waals surface area contributed by atoms with Gasteiger partial charge in [0.1, 0.15) is 0 Å². The van der Waals surface area contributed by atoms with Gasteiger partial charge in [-0.05, 0) is 35.9 Å². The molecule has 1 aliphatic heterocycles. The van der Waals surface area contributed by atoms with E-state index in [9.17, 15) is 4.79 Å². The highest BCUT2D eigenvalue weighted by atomic mass is 32.2. The summed E-state index contributed by atoms with van der Waals surface area (Å²) in [5, 5.41) is 6.36. The molecule has 0 spiro atoms. The molecule has 0 radical (unpaired) electrons. The summed E-state index contributed by atoms with van der Waals surface area (Å²) in [6.45, 7) is 3.84. The maximum absolute atomic E-state index is 12.6. The van der Waals surface area contributed by atoms with E-state index in [0.29, 0.717) is 0 Å². The third-order valence-corrected chi connectivity index (χ3v) is 4.97. The first-order chi connectivity index (χ1) is 10.8. The molecule has 2 aromatic carbocycles. The van der Waals surface area contributed by atoms with Crippen LogP contribution in [0.4, 0.5) is 5.69 Å². The van der Waals surface area contributed by atoms with Crippen LogP contribution in [0.1, 0.15) is 24.0 Å². The fourth-order valence-corrected chi connectivity index (χ4v) is 3.87. The van der Waals surface area contributed by atoms with Crippen molar-refractivity contribution < 1.29 is 4.79 Å². The number of thioether (sulfide) groups is 1. The summed E-state index contributed by atoms with van der Waals surface area (Å²) >= 11 is 1.76. The molecule has 1 atom stereocenters. The van der Waals surface area contributed by atoms with Crippen molar-refractivity contribution >= 4 is 23.4 Å². The van der Waals surface area contributed by atoms with Crippen molar-refractivity contribution in [3.8, 4) is 0 Å². The monoisotopic (exact) mass is 312 g/mol. The van der Waals surface area contributed by atoms with Gasteiger partial charge in [0.2, 0.25) is 5.91 Å². The zero-order chi connectivity index (χ0) is 15.4. The highest BCUT2D eigenvalue weighted by Crippen LogP contribution is 2.39. The number of carbonyl (C=O) groups is 1. The molecule has 114 valence electrons. The molecule has 0 saturated heterocycles. The molecule has 1 aliphatic rings. The van der Waals surface area contributed by atoms with E-state index in [1.165, 1.54) is 10.5 Å². The van der Waals surface area contributed by atoms with Crippen LogP contribution >= 0.6 is 11.8 Å². The summed E-state index contributed by atoms with van der Waals surface area (Å²) in [7, 11) is 0. The van der Waals surface area contributed by atoms with E-state index >= 15 is 0 Å². The standard InChI is InChI=1S/C18H20N2OS/c1-2-19-11-13-6-5-7-14(10-13)20-18(21)16-12-22-17-9-4-3-8-15(16)17/h3-10,16,19H,2,11-12H2,1H3,(H,20,21). The van der Waals surface area contributed by atoms with Gasteiger partial charge < -0.3 is 10.6 Å². The second-order valence-electron chi connectivity index (χ2n) is 5.37. The number of anilines is 1. The minimum absolute atomic E-state index is 0.0568. The first-order valence-electron chi connectivity index (χ1n) is 7.60. The van der Waals surface area contributed by atoms with E-state index in [1.54, 1.807) is 11.8 Å². The number of fused-ring (bicyclic) bond motifs is 1. The van der Waals surface area contributed by atoms with E-state index in [1.807, 2.05) is 30.3 Å². The molecule has 2 aromatic rings. The van der Waals surface area contributed by atoms with E-state index in [0.717, 1.165) is 30.1 Å². The zero-order valence-corrected chi connectivity index (χ0v) is 13.5. The lowest BCUT2D eigenvalue weighted by atomic mass is 10.0. The summed E-state index contributed by atoms with van der Waals surface area (Å²) in [6, 6.07) is 16.2. The van der Waals surface area contributed by atoms with E-state index in [4.69, 9.17) is 0 Å². The van der Waals surface area contributed by atoms with Crippen molar-refractivity contribution in [2.24, 2.45) is 0 Å². The molecule has 0 aromatic heterocycles. The van der Waals surface area contributed by atoms with Gasteiger partial charge in [-0.1, -0.05) is 37.3 Å². The molecule has 0 saturated carbocycles. The Morgan fingerprint density at radius 1 is 1.23 bits per heavy atom. The molecule has 0 bridgehead atoms. The Labute approximate surface area is 135 Å². The maximum atomic E-state index is 12.6. The Hall–Kier alpha value is -1.78. The lowest BCUT2D eigenvalue weighted by Crippen LogP contribution is -2.21. The lowest BCUT2D eigenvalue weighted by Gasteiger charge is -2.12. The van der Waals surface area contributed by atoms with E-state index < -0.39 is 0 Å². The van der Waals surface area contributed by atoms with Crippen molar-refractivity contribution in [3.05, 3.63) is 59.7 Å². The minimum Gasteiger partial charge on any atom is -0.326 e. The molecule has 4 heteroatoms. The van der Waals surface area contributed by atoms with Gasteiger partial charge in [-0.2, -0.15) is 0 Å². The number of carbonyl (C=O) groups excluding carboxylic acids is 1. The van der Waals surface area contributed by atoms with E-state index in [2.05, 4.69) is 35.8 Å². The Bertz CT molecular complexity index is 672. The summed E-state index contributed by atoms with van der Waals surface area (Å²) in [4.78, 5) is 13.8. The molecule has 22 heavy (non-hydrogen) atoms. The van der Waals surface area contributed by atoms with Crippen LogP contribution in [0.15, 0.2) is 53.4 Å². The normalized spacial score (nSPS) is 16.3. The van der Waals surface area contributed by atoms with Crippen molar-refractivity contribution in [3.63, 3.8) is 0 Å². The van der Waals surface area contributed by atoms with Crippen LogP contribution in [-0.2, 0) is 11.3 Å². The van der Waals surface area contributed by atoms with Crippen LogP contribution in [-0.4, -0.2) is 18.2 Å². The number of rotatable bonds is 5. The predicted octanol–water partition coefficient (Wildman–Crippen LogP) is 3.62. The number of hydrogen-bond acceptors (Lipinski definition) is 3. The van der Waals surface area contributed by atoms with Crippen molar-refractivity contribution in [1.82, 2.24) is 5.32 Å². The second kappa shape index (κ2) is 6.99. The Morgan fingerprint density at radius 3 is 2.95 bits per heavy atom. The molecule has 1 unspecified atom stereocenters. The van der Waals surface area contributed by atoms with Gasteiger partial charge in [-0.25, -0.2) is 0 Å². The SMILES string of the molecule is CCNCc1cccc(NC(=O)C2CSc3ccccc32)c1. The molecule has 0 fully saturated rings. The fourth-order valence-electron chi connectivity index (χ4n) is 2.64. The molecule has 0 aliphatic carbocycles. The van der Waals surface area contributed by atoms with E-state index in [-0.39, 0.29) is 11.8 Å². The molecule has 3 nitrogen and oxygen atoms in total. The highest BCUT2D eigenvalue weighted by molar-refractivity contribution is 7.99. The Balaban J connectivity index is 1.70. The maximum Gasteiger partial charge on any atom is 0.232 e. The first-order valence-corrected chi connectivity index (χ1v) is 8.58. The van der Waals surface area contributed by atoms with Gasteiger partial charge >= 0.3 is 0 Å². The topological polar surface area (TPSA) is 41.1 Å². The van der Waals surface area contributed by atoms with Gasteiger partial charge in [-0.3, -0.25) is 4.79 Å². The third-order valence-electron chi connectivity index (χ3n) is 3.79. The first kappa shape index (κ1) is 15.1. The van der Waals surface area contributed by atoms with Crippen molar-refractivity contribution in [2.75, 3.05) is 17.6 Å². The average molecular weight is 312 g/mol. The minimum atomic E-state index is -0.0568. The zero-order valence-electron chi connectivity index (χ0n) is 12.6. The smallest absolute Gasteiger partial charge is 0.232 e. The summed E-state index contributed by atoms with van der Waals surface area (Å²) in [6.07, 6.45) is 0. The van der Waals surface area contributed by atoms with Gasteiger partial charge in [-0.15, -0.1) is 11.8 Å². The number of amides is 1. The molecule has 2 N–H and O–H groups in total. The quantitative estimate of drug-likeness (QED) is 0.886. The summed E-state index contributed by atoms with van der Waals surface area (Å²) in [5.74, 6) is 0.846. The van der Waals surface area contributed by atoms with Crippen LogP contribution < -0.4 is 10.6 Å². The van der Waals surface area contributed by atoms with Crippen LogP contribution in [0.5, 0.6) is 0 Å². The lowest BCUT2D eigenvalue weighted by molar-refractivity contribution is -0.117. The summed E-state index contributed by atoms with van der Waals surface area (Å²) < 4.78 is 0. The molecule has 1 amide bonds. The largest absolute Gasteiger partial charge is 0.326 e. The van der Waals surface area contributed by atoms with Crippen LogP contribution in [0, 0.1) is 0 Å². The van der Waals surface area contributed by atoms with Crippen LogP contribution in [0.25, 0.3) is 0 Å². The predicted molar refractivity (Wildman–Crippen MR) is 92.4 cm³/mol. The second-order valence-corrected chi connectivity index (χ2v) is 6.43. The van der Waals surface area contributed by atoms with Gasteiger partial charge in [0.05, 0.1) is 5.92 Å².